The van der Waals surface area contributed by atoms with Gasteiger partial charge in [-0.3, -0.25) is 4.79 Å². The van der Waals surface area contributed by atoms with E-state index >= 15 is 0 Å². The number of methoxy groups -OCH3 is 2. The van der Waals surface area contributed by atoms with Gasteiger partial charge < -0.3 is 24.1 Å². The molecule has 0 aliphatic rings. The van der Waals surface area contributed by atoms with E-state index in [1.165, 1.54) is 38.1 Å². The predicted molar refractivity (Wildman–Crippen MR) is 120 cm³/mol. The summed E-state index contributed by atoms with van der Waals surface area (Å²) in [5.74, 6) is 1.32. The third-order valence-electron chi connectivity index (χ3n) is 4.65. The minimum absolute atomic E-state index is 0.0486. The highest BCUT2D eigenvalue weighted by Gasteiger charge is 2.30. The first-order chi connectivity index (χ1) is 16.2. The Labute approximate surface area is 198 Å². The number of halogens is 3. The lowest BCUT2D eigenvalue weighted by molar-refractivity contribution is -0.137. The molecule has 0 fully saturated rings. The van der Waals surface area contributed by atoms with Crippen LogP contribution in [0, 0.1) is 0 Å². The second-order valence-corrected chi connectivity index (χ2v) is 7.80. The minimum atomic E-state index is -4.46. The molecule has 3 rings (SSSR count). The first-order valence-electron chi connectivity index (χ1n) is 10.1. The summed E-state index contributed by atoms with van der Waals surface area (Å²) in [6, 6.07) is 9.68. The van der Waals surface area contributed by atoms with Crippen LogP contribution >= 0.6 is 11.8 Å². The number of hydrogen-bond donors (Lipinski definition) is 1. The van der Waals surface area contributed by atoms with E-state index in [0.717, 1.165) is 12.1 Å². The average Bonchev–Trinajstić information content (AvgIpc) is 3.22. The number of anilines is 1. The number of aromatic nitrogens is 3. The van der Waals surface area contributed by atoms with Crippen LogP contribution in [0.5, 0.6) is 17.2 Å². The maximum atomic E-state index is 12.9. The normalized spacial score (nSPS) is 11.2. The molecule has 1 N–H and O–H groups in total. The van der Waals surface area contributed by atoms with E-state index in [-0.39, 0.29) is 24.0 Å². The lowest BCUT2D eigenvalue weighted by Gasteiger charge is -2.12. The quantitative estimate of drug-likeness (QED) is 0.409. The molecule has 34 heavy (non-hydrogen) atoms. The summed E-state index contributed by atoms with van der Waals surface area (Å²) < 4.78 is 56.3. The van der Waals surface area contributed by atoms with Crippen LogP contribution in [0.2, 0.25) is 0 Å². The van der Waals surface area contributed by atoms with Crippen LogP contribution in [0.4, 0.5) is 18.9 Å². The van der Waals surface area contributed by atoms with Crippen molar-refractivity contribution in [3.8, 4) is 17.2 Å². The molecule has 2 aromatic carbocycles. The number of amides is 1. The van der Waals surface area contributed by atoms with Gasteiger partial charge >= 0.3 is 6.18 Å². The Balaban J connectivity index is 1.62. The number of alkyl halides is 3. The highest BCUT2D eigenvalue weighted by molar-refractivity contribution is 7.99. The largest absolute Gasteiger partial charge is 0.497 e. The number of hydrogen-bond acceptors (Lipinski definition) is 7. The highest BCUT2D eigenvalue weighted by Crippen LogP contribution is 2.32. The van der Waals surface area contributed by atoms with Crippen molar-refractivity contribution in [2.45, 2.75) is 31.4 Å². The van der Waals surface area contributed by atoms with E-state index < -0.39 is 11.7 Å². The van der Waals surface area contributed by atoms with Crippen LogP contribution < -0.4 is 19.5 Å². The molecule has 0 aliphatic carbocycles. The summed E-state index contributed by atoms with van der Waals surface area (Å²) >= 11 is 1.17. The van der Waals surface area contributed by atoms with Crippen molar-refractivity contribution in [2.24, 2.45) is 0 Å². The van der Waals surface area contributed by atoms with E-state index in [1.54, 1.807) is 22.8 Å². The summed E-state index contributed by atoms with van der Waals surface area (Å²) in [5, 5.41) is 11.4. The molecule has 1 heterocycles. The minimum Gasteiger partial charge on any atom is -0.497 e. The zero-order valence-corrected chi connectivity index (χ0v) is 19.5. The third kappa shape index (κ3) is 6.34. The van der Waals surface area contributed by atoms with Gasteiger partial charge in [0.2, 0.25) is 5.91 Å². The van der Waals surface area contributed by atoms with Gasteiger partial charge in [-0.25, -0.2) is 0 Å². The summed E-state index contributed by atoms with van der Waals surface area (Å²) in [4.78, 5) is 12.5. The molecule has 0 unspecified atom stereocenters. The molecule has 0 aliphatic heterocycles. The number of carbonyl (C=O) groups excluding carboxylic acids is 1. The Bertz CT molecular complexity index is 1140. The van der Waals surface area contributed by atoms with Gasteiger partial charge in [0, 0.05) is 12.6 Å². The first-order valence-corrected chi connectivity index (χ1v) is 11.1. The van der Waals surface area contributed by atoms with Crippen LogP contribution in [0.15, 0.2) is 47.6 Å². The zero-order chi connectivity index (χ0) is 24.7. The molecule has 1 aromatic heterocycles. The van der Waals surface area contributed by atoms with Gasteiger partial charge in [-0.15, -0.1) is 10.2 Å². The van der Waals surface area contributed by atoms with Crippen molar-refractivity contribution in [3.05, 3.63) is 53.9 Å². The van der Waals surface area contributed by atoms with Crippen LogP contribution in [0.3, 0.4) is 0 Å². The Hall–Kier alpha value is -3.41. The summed E-state index contributed by atoms with van der Waals surface area (Å²) in [5.41, 5.74) is -0.323. The van der Waals surface area contributed by atoms with Crippen LogP contribution in [0.1, 0.15) is 18.3 Å². The lowest BCUT2D eigenvalue weighted by Crippen LogP contribution is -2.15. The molecule has 0 atom stereocenters. The molecule has 0 radical (unpaired) electrons. The molecular formula is C22H23F3N4O4S. The Morgan fingerprint density at radius 1 is 1.09 bits per heavy atom. The lowest BCUT2D eigenvalue weighted by atomic mass is 10.2. The summed E-state index contributed by atoms with van der Waals surface area (Å²) in [7, 11) is 3.02. The number of benzene rings is 2. The monoisotopic (exact) mass is 496 g/mol. The van der Waals surface area contributed by atoms with Crippen LogP contribution in [-0.2, 0) is 24.1 Å². The number of ether oxygens (including phenoxy) is 3. The third-order valence-corrected chi connectivity index (χ3v) is 5.62. The number of nitrogens with one attached hydrogen (secondary N) is 1. The van der Waals surface area contributed by atoms with Gasteiger partial charge in [0.05, 0.1) is 31.2 Å². The van der Waals surface area contributed by atoms with E-state index in [1.807, 2.05) is 6.92 Å². The van der Waals surface area contributed by atoms with Gasteiger partial charge in [-0.2, -0.15) is 13.2 Å². The number of carbonyl (C=O) groups is 1. The fourth-order valence-corrected chi connectivity index (χ4v) is 3.81. The molecule has 8 nitrogen and oxygen atoms in total. The SMILES string of the molecule is CCn1c(COc2cccc(C(F)(F)F)c2)nnc1SCC(=O)Nc1cc(OC)ccc1OC. The second-order valence-electron chi connectivity index (χ2n) is 6.86. The molecule has 0 bridgehead atoms. The highest BCUT2D eigenvalue weighted by atomic mass is 32.2. The maximum Gasteiger partial charge on any atom is 0.416 e. The fourth-order valence-electron chi connectivity index (χ4n) is 2.99. The zero-order valence-electron chi connectivity index (χ0n) is 18.7. The average molecular weight is 497 g/mol. The van der Waals surface area contributed by atoms with Crippen LogP contribution in [-0.4, -0.2) is 40.6 Å². The van der Waals surface area contributed by atoms with Crippen molar-refractivity contribution >= 4 is 23.4 Å². The number of rotatable bonds is 10. The van der Waals surface area contributed by atoms with E-state index in [9.17, 15) is 18.0 Å². The van der Waals surface area contributed by atoms with Gasteiger partial charge in [-0.05, 0) is 37.3 Å². The Morgan fingerprint density at radius 3 is 2.56 bits per heavy atom. The molecule has 182 valence electrons. The predicted octanol–water partition coefficient (Wildman–Crippen LogP) is 4.64. The summed E-state index contributed by atoms with van der Waals surface area (Å²) in [6.07, 6.45) is -4.46. The Kier molecular flexibility index (Phi) is 8.26. The van der Waals surface area contributed by atoms with Gasteiger partial charge in [-0.1, -0.05) is 17.8 Å². The van der Waals surface area contributed by atoms with Crippen molar-refractivity contribution in [1.29, 1.82) is 0 Å². The van der Waals surface area contributed by atoms with Crippen molar-refractivity contribution < 1.29 is 32.2 Å². The van der Waals surface area contributed by atoms with E-state index in [2.05, 4.69) is 15.5 Å². The second kappa shape index (κ2) is 11.1. The van der Waals surface area contributed by atoms with Gasteiger partial charge in [0.15, 0.2) is 11.0 Å². The van der Waals surface area contributed by atoms with Crippen molar-refractivity contribution in [1.82, 2.24) is 14.8 Å². The maximum absolute atomic E-state index is 12.9. The van der Waals surface area contributed by atoms with Crippen LogP contribution in [0.25, 0.3) is 0 Å². The standard InChI is InChI=1S/C22H23F3N4O4S/c1-4-29-19(12-33-16-7-5-6-14(10-16)22(23,24)25)27-28-21(29)34-13-20(30)26-17-11-15(31-2)8-9-18(17)32-3/h5-11H,4,12-13H2,1-3H3,(H,26,30). The molecule has 1 amide bonds. The molecular weight excluding hydrogens is 473 g/mol. The fraction of sp³-hybridized carbons (Fsp3) is 0.318. The molecule has 0 saturated carbocycles. The molecule has 3 aromatic rings. The van der Waals surface area contributed by atoms with E-state index in [0.29, 0.717) is 34.7 Å². The number of thioether (sulfide) groups is 1. The summed E-state index contributed by atoms with van der Waals surface area (Å²) in [6.45, 7) is 2.28. The first kappa shape index (κ1) is 25.2. The molecule has 12 heteroatoms. The van der Waals surface area contributed by atoms with Crippen molar-refractivity contribution in [3.63, 3.8) is 0 Å². The van der Waals surface area contributed by atoms with E-state index in [4.69, 9.17) is 14.2 Å². The van der Waals surface area contributed by atoms with Crippen molar-refractivity contribution in [2.75, 3.05) is 25.3 Å². The Morgan fingerprint density at radius 2 is 1.88 bits per heavy atom. The van der Waals surface area contributed by atoms with Gasteiger partial charge in [0.1, 0.15) is 23.9 Å². The smallest absolute Gasteiger partial charge is 0.416 e. The topological polar surface area (TPSA) is 87.5 Å². The molecule has 0 saturated heterocycles. The number of nitrogens with zero attached hydrogens (tertiary/aromatic N) is 3. The van der Waals surface area contributed by atoms with Gasteiger partial charge in [0.25, 0.3) is 0 Å². The molecule has 0 spiro atoms.